The lowest BCUT2D eigenvalue weighted by atomic mass is 10.5. The maximum Gasteiger partial charge on any atom is 0.300 e. The van der Waals surface area contributed by atoms with Crippen molar-refractivity contribution in [2.75, 3.05) is 0 Å². The average molecular weight is 140 g/mol. The zero-order valence-electron chi connectivity index (χ0n) is 4.94. The summed E-state index contributed by atoms with van der Waals surface area (Å²) in [6.45, 7) is 0.230. The Balaban J connectivity index is 2.77. The van der Waals surface area contributed by atoms with Gasteiger partial charge < -0.3 is 9.15 Å². The highest BCUT2D eigenvalue weighted by Gasteiger charge is 1.98. The van der Waals surface area contributed by atoms with Crippen LogP contribution in [0.4, 0.5) is 0 Å². The first-order valence-electron chi connectivity index (χ1n) is 2.52. The molecule has 0 aliphatic rings. The van der Waals surface area contributed by atoms with Crippen molar-refractivity contribution >= 4 is 12.8 Å². The molecule has 0 atom stereocenters. The molecule has 1 rings (SSSR count). The molecule has 4 nitrogen and oxygen atoms in total. The topological polar surface area (TPSA) is 56.5 Å². The van der Waals surface area contributed by atoms with Gasteiger partial charge in [-0.05, 0) is 6.07 Å². The second-order valence-electron chi connectivity index (χ2n) is 1.49. The maximum atomic E-state index is 9.99. The van der Waals surface area contributed by atoms with E-state index in [2.05, 4.69) is 9.15 Å². The van der Waals surface area contributed by atoms with Crippen molar-refractivity contribution in [1.82, 2.24) is 0 Å². The standard InChI is InChI=1S/C6H4O4/c7-3-5-1-2-6(10-5)9-4-8/h1-4H. The summed E-state index contributed by atoms with van der Waals surface area (Å²) in [5.41, 5.74) is 0. The molecule has 0 aromatic carbocycles. The fourth-order valence-corrected chi connectivity index (χ4v) is 0.508. The third-order valence-corrected chi connectivity index (χ3v) is 0.883. The van der Waals surface area contributed by atoms with Crippen molar-refractivity contribution < 1.29 is 18.7 Å². The summed E-state index contributed by atoms with van der Waals surface area (Å²) in [4.78, 5) is 19.7. The van der Waals surface area contributed by atoms with E-state index in [0.717, 1.165) is 0 Å². The summed E-state index contributed by atoms with van der Waals surface area (Å²) < 4.78 is 8.93. The third kappa shape index (κ3) is 1.22. The van der Waals surface area contributed by atoms with Crippen LogP contribution in [0.5, 0.6) is 5.95 Å². The zero-order valence-corrected chi connectivity index (χ0v) is 4.94. The number of aldehydes is 1. The van der Waals surface area contributed by atoms with Crippen LogP contribution in [0.25, 0.3) is 0 Å². The van der Waals surface area contributed by atoms with Crippen LogP contribution in [-0.4, -0.2) is 12.8 Å². The van der Waals surface area contributed by atoms with Crippen molar-refractivity contribution in [2.24, 2.45) is 0 Å². The summed E-state index contributed by atoms with van der Waals surface area (Å²) in [5, 5.41) is 0. The van der Waals surface area contributed by atoms with Crippen LogP contribution in [-0.2, 0) is 4.79 Å². The summed E-state index contributed by atoms with van der Waals surface area (Å²) in [6, 6.07) is 2.80. The SMILES string of the molecule is O=COc1ccc(C=O)o1. The average Bonchev–Trinajstić information content (AvgIpc) is 2.37. The first kappa shape index (κ1) is 6.54. The Labute approximate surface area is 56.4 Å². The van der Waals surface area contributed by atoms with Gasteiger partial charge in [-0.1, -0.05) is 0 Å². The van der Waals surface area contributed by atoms with Crippen LogP contribution in [0, 0.1) is 0 Å². The van der Waals surface area contributed by atoms with E-state index in [-0.39, 0.29) is 18.2 Å². The quantitative estimate of drug-likeness (QED) is 0.577. The molecule has 0 amide bonds. The van der Waals surface area contributed by atoms with E-state index >= 15 is 0 Å². The highest BCUT2D eigenvalue weighted by Crippen LogP contribution is 2.12. The van der Waals surface area contributed by atoms with Crippen LogP contribution in [0.2, 0.25) is 0 Å². The molecule has 0 aliphatic heterocycles. The van der Waals surface area contributed by atoms with E-state index in [0.29, 0.717) is 6.29 Å². The summed E-state index contributed by atoms with van der Waals surface area (Å²) in [7, 11) is 0. The van der Waals surface area contributed by atoms with E-state index in [4.69, 9.17) is 0 Å². The Kier molecular flexibility index (Phi) is 1.84. The lowest BCUT2D eigenvalue weighted by Crippen LogP contribution is -1.84. The summed E-state index contributed by atoms with van der Waals surface area (Å²) in [5.74, 6) is 0.161. The number of carbonyl (C=O) groups is 2. The smallest absolute Gasteiger partial charge is 0.300 e. The van der Waals surface area contributed by atoms with Gasteiger partial charge in [0.1, 0.15) is 0 Å². The van der Waals surface area contributed by atoms with Crippen LogP contribution in [0.15, 0.2) is 16.5 Å². The molecule has 0 bridgehead atoms. The zero-order chi connectivity index (χ0) is 7.40. The van der Waals surface area contributed by atoms with E-state index in [1.807, 2.05) is 0 Å². The molecular formula is C6H4O4. The third-order valence-electron chi connectivity index (χ3n) is 0.883. The summed E-state index contributed by atoms with van der Waals surface area (Å²) >= 11 is 0. The molecule has 0 fully saturated rings. The first-order valence-corrected chi connectivity index (χ1v) is 2.52. The molecule has 0 aliphatic carbocycles. The van der Waals surface area contributed by atoms with Gasteiger partial charge in [0.05, 0.1) is 0 Å². The highest BCUT2D eigenvalue weighted by atomic mass is 16.6. The van der Waals surface area contributed by atoms with E-state index in [1.165, 1.54) is 12.1 Å². The van der Waals surface area contributed by atoms with Gasteiger partial charge in [-0.25, -0.2) is 0 Å². The number of ether oxygens (including phenoxy) is 1. The molecule has 4 heteroatoms. The van der Waals surface area contributed by atoms with Crippen LogP contribution in [0.1, 0.15) is 10.6 Å². The van der Waals surface area contributed by atoms with Crippen molar-refractivity contribution in [1.29, 1.82) is 0 Å². The number of hydrogen-bond acceptors (Lipinski definition) is 4. The van der Waals surface area contributed by atoms with E-state index in [9.17, 15) is 9.59 Å². The van der Waals surface area contributed by atoms with Crippen LogP contribution < -0.4 is 4.74 Å². The van der Waals surface area contributed by atoms with Gasteiger partial charge in [-0.15, -0.1) is 0 Å². The minimum Gasteiger partial charge on any atom is -0.422 e. The lowest BCUT2D eigenvalue weighted by molar-refractivity contribution is -0.121. The van der Waals surface area contributed by atoms with Crippen molar-refractivity contribution in [2.45, 2.75) is 0 Å². The Morgan fingerprint density at radius 3 is 2.70 bits per heavy atom. The second kappa shape index (κ2) is 2.82. The van der Waals surface area contributed by atoms with E-state index < -0.39 is 0 Å². The molecule has 0 unspecified atom stereocenters. The predicted molar refractivity (Wildman–Crippen MR) is 30.8 cm³/mol. The second-order valence-corrected chi connectivity index (χ2v) is 1.49. The lowest BCUT2D eigenvalue weighted by Gasteiger charge is -1.85. The van der Waals surface area contributed by atoms with Crippen molar-refractivity contribution in [3.63, 3.8) is 0 Å². The van der Waals surface area contributed by atoms with Crippen molar-refractivity contribution in [3.8, 4) is 5.95 Å². The molecule has 0 radical (unpaired) electrons. The normalized spacial score (nSPS) is 8.80. The van der Waals surface area contributed by atoms with Gasteiger partial charge in [0, 0.05) is 6.07 Å². The molecule has 0 spiro atoms. The van der Waals surface area contributed by atoms with Gasteiger partial charge >= 0.3 is 6.47 Å². The Morgan fingerprint density at radius 1 is 1.40 bits per heavy atom. The number of rotatable bonds is 3. The largest absolute Gasteiger partial charge is 0.422 e. The van der Waals surface area contributed by atoms with Crippen LogP contribution in [0.3, 0.4) is 0 Å². The minimum atomic E-state index is 0.0251. The Hall–Kier alpha value is -1.58. The van der Waals surface area contributed by atoms with Gasteiger partial charge in [0.25, 0.3) is 5.95 Å². The predicted octanol–water partition coefficient (Wildman–Crippen LogP) is 0.627. The first-order chi connectivity index (χ1) is 4.86. The molecule has 0 saturated carbocycles. The monoisotopic (exact) mass is 140 g/mol. The molecule has 10 heavy (non-hydrogen) atoms. The molecule has 1 aromatic heterocycles. The number of carbonyl (C=O) groups excluding carboxylic acids is 2. The number of hydrogen-bond donors (Lipinski definition) is 0. The fourth-order valence-electron chi connectivity index (χ4n) is 0.508. The van der Waals surface area contributed by atoms with E-state index in [1.54, 1.807) is 0 Å². The van der Waals surface area contributed by atoms with Crippen molar-refractivity contribution in [3.05, 3.63) is 17.9 Å². The Morgan fingerprint density at radius 2 is 2.20 bits per heavy atom. The van der Waals surface area contributed by atoms with Gasteiger partial charge in [-0.2, -0.15) is 0 Å². The minimum absolute atomic E-state index is 0.0251. The molecule has 52 valence electrons. The maximum absolute atomic E-state index is 9.99. The van der Waals surface area contributed by atoms with Gasteiger partial charge in [0.2, 0.25) is 0 Å². The molecule has 1 heterocycles. The number of furan rings is 1. The Bertz CT molecular complexity index is 238. The molecular weight excluding hydrogens is 136 g/mol. The highest BCUT2D eigenvalue weighted by molar-refractivity contribution is 5.70. The van der Waals surface area contributed by atoms with Gasteiger partial charge in [0.15, 0.2) is 12.0 Å². The summed E-state index contributed by atoms with van der Waals surface area (Å²) in [6.07, 6.45) is 0.525. The van der Waals surface area contributed by atoms with Gasteiger partial charge in [-0.3, -0.25) is 9.59 Å². The molecule has 0 N–H and O–H groups in total. The molecule has 1 aromatic rings. The molecule has 0 saturated heterocycles. The van der Waals surface area contributed by atoms with Crippen LogP contribution >= 0.6 is 0 Å². The fraction of sp³-hybridized carbons (Fsp3) is 0.